The topological polar surface area (TPSA) is 80.7 Å². The van der Waals surface area contributed by atoms with Crippen molar-refractivity contribution in [2.45, 2.75) is 31.2 Å². The Balaban J connectivity index is 3.42. The highest BCUT2D eigenvalue weighted by molar-refractivity contribution is 7.85. The molecule has 1 rings (SSSR count). The molecule has 0 aromatic heterocycles. The molecule has 5 nitrogen and oxygen atoms in total. The minimum atomic E-state index is -4.75. The van der Waals surface area contributed by atoms with Crippen LogP contribution in [0.2, 0.25) is 5.02 Å². The molecule has 0 saturated carbocycles. The Morgan fingerprint density at radius 3 is 2.36 bits per heavy atom. The van der Waals surface area contributed by atoms with Crippen LogP contribution in [0.15, 0.2) is 11.0 Å². The van der Waals surface area contributed by atoms with E-state index in [1.807, 2.05) is 0 Å². The molecule has 11 heteroatoms. The second-order valence-electron chi connectivity index (χ2n) is 4.09. The molecule has 1 aromatic rings. The Bertz CT molecular complexity index is 693. The molecule has 0 aliphatic heterocycles. The fraction of sp³-hybridized carbons (Fsp3) is 0.364. The molecular weight excluding hydrogens is 372 g/mol. The van der Waals surface area contributed by atoms with Crippen molar-refractivity contribution in [2.24, 2.45) is 0 Å². The van der Waals surface area contributed by atoms with Gasteiger partial charge in [-0.25, -0.2) is 13.2 Å². The minimum absolute atomic E-state index is 0.185. The SMILES string of the molecule is Cc1c(S(=O)(=O)O)cc(C(=O)Cl)c(Cl)c1COC(F)C(F)F. The lowest BCUT2D eigenvalue weighted by Gasteiger charge is -2.16. The third-order valence-electron chi connectivity index (χ3n) is 2.67. The molecular formula is C11H9Cl2F3O5S. The molecule has 1 N–H and O–H groups in total. The fourth-order valence-electron chi connectivity index (χ4n) is 1.60. The van der Waals surface area contributed by atoms with Crippen molar-refractivity contribution in [1.82, 2.24) is 0 Å². The van der Waals surface area contributed by atoms with Gasteiger partial charge in [-0.15, -0.1) is 0 Å². The van der Waals surface area contributed by atoms with Crippen molar-refractivity contribution in [1.29, 1.82) is 0 Å². The van der Waals surface area contributed by atoms with Crippen molar-refractivity contribution >= 4 is 38.6 Å². The van der Waals surface area contributed by atoms with Crippen LogP contribution >= 0.6 is 23.2 Å². The normalized spacial score (nSPS) is 13.5. The van der Waals surface area contributed by atoms with E-state index in [9.17, 15) is 26.4 Å². The quantitative estimate of drug-likeness (QED) is 0.604. The van der Waals surface area contributed by atoms with Gasteiger partial charge in [0.15, 0.2) is 0 Å². The van der Waals surface area contributed by atoms with Crippen molar-refractivity contribution in [3.8, 4) is 0 Å². The lowest BCUT2D eigenvalue weighted by Crippen LogP contribution is -2.17. The predicted molar refractivity (Wildman–Crippen MR) is 71.9 cm³/mol. The number of carbonyl (C=O) groups excluding carboxylic acids is 1. The number of alkyl halides is 3. The van der Waals surface area contributed by atoms with Gasteiger partial charge < -0.3 is 4.74 Å². The largest absolute Gasteiger partial charge is 0.339 e. The highest BCUT2D eigenvalue weighted by Crippen LogP contribution is 2.32. The van der Waals surface area contributed by atoms with Crippen LogP contribution in [0.25, 0.3) is 0 Å². The molecule has 0 aliphatic carbocycles. The zero-order valence-corrected chi connectivity index (χ0v) is 13.1. The summed E-state index contributed by atoms with van der Waals surface area (Å²) in [5, 5.41) is -1.53. The van der Waals surface area contributed by atoms with E-state index in [0.717, 1.165) is 6.07 Å². The predicted octanol–water partition coefficient (Wildman–Crippen LogP) is 3.35. The summed E-state index contributed by atoms with van der Waals surface area (Å²) in [7, 11) is -4.75. The van der Waals surface area contributed by atoms with Crippen molar-refractivity contribution in [3.05, 3.63) is 27.8 Å². The third kappa shape index (κ3) is 4.32. The molecule has 22 heavy (non-hydrogen) atoms. The van der Waals surface area contributed by atoms with Crippen LogP contribution in [0.3, 0.4) is 0 Å². The number of rotatable bonds is 6. The molecule has 0 amide bonds. The summed E-state index contributed by atoms with van der Waals surface area (Å²) in [5.41, 5.74) is -0.938. The number of benzene rings is 1. The second kappa shape index (κ2) is 7.14. The second-order valence-corrected chi connectivity index (χ2v) is 6.20. The Morgan fingerprint density at radius 2 is 1.95 bits per heavy atom. The first-order chi connectivity index (χ1) is 9.96. The zero-order chi connectivity index (χ0) is 17.2. The van der Waals surface area contributed by atoms with Crippen LogP contribution in [-0.4, -0.2) is 31.0 Å². The Morgan fingerprint density at radius 1 is 1.41 bits per heavy atom. The van der Waals surface area contributed by atoms with Gasteiger partial charge in [-0.3, -0.25) is 9.35 Å². The van der Waals surface area contributed by atoms with E-state index in [1.54, 1.807) is 0 Å². The summed E-state index contributed by atoms with van der Waals surface area (Å²) in [6.45, 7) is 0.322. The van der Waals surface area contributed by atoms with Gasteiger partial charge in [0.2, 0.25) is 0 Å². The van der Waals surface area contributed by atoms with E-state index >= 15 is 0 Å². The first-order valence-corrected chi connectivity index (χ1v) is 7.69. The van der Waals surface area contributed by atoms with Crippen LogP contribution < -0.4 is 0 Å². The number of hydrogen-bond donors (Lipinski definition) is 1. The van der Waals surface area contributed by atoms with Crippen molar-refractivity contribution in [3.63, 3.8) is 0 Å². The standard InChI is InChI=1S/C11H9Cl2F3O5S/c1-4-6(3-21-11(16)10(14)15)8(12)5(9(13)17)2-7(4)22(18,19)20/h2,10-11H,3H2,1H3,(H,18,19,20). The Labute approximate surface area is 133 Å². The van der Waals surface area contributed by atoms with E-state index in [0.29, 0.717) is 0 Å². The maximum atomic E-state index is 12.8. The molecule has 0 heterocycles. The average Bonchev–Trinajstić information content (AvgIpc) is 2.35. The van der Waals surface area contributed by atoms with Gasteiger partial charge in [0, 0.05) is 5.56 Å². The molecule has 1 atom stereocenters. The first-order valence-electron chi connectivity index (χ1n) is 5.50. The number of carbonyl (C=O) groups is 1. The maximum absolute atomic E-state index is 12.8. The highest BCUT2D eigenvalue weighted by Gasteiger charge is 2.26. The number of ether oxygens (including phenoxy) is 1. The fourth-order valence-corrected chi connectivity index (χ4v) is 2.91. The van der Waals surface area contributed by atoms with Gasteiger partial charge in [-0.2, -0.15) is 8.42 Å². The zero-order valence-electron chi connectivity index (χ0n) is 10.8. The lowest BCUT2D eigenvalue weighted by molar-refractivity contribution is -0.135. The number of hydrogen-bond acceptors (Lipinski definition) is 4. The third-order valence-corrected chi connectivity index (χ3v) is 4.29. The molecule has 0 aliphatic rings. The van der Waals surface area contributed by atoms with E-state index < -0.39 is 45.2 Å². The van der Waals surface area contributed by atoms with Gasteiger partial charge >= 0.3 is 0 Å². The summed E-state index contributed by atoms with van der Waals surface area (Å²) >= 11 is 11.1. The molecule has 124 valence electrons. The molecule has 1 unspecified atom stereocenters. The van der Waals surface area contributed by atoms with Gasteiger partial charge in [0.1, 0.15) is 0 Å². The molecule has 0 spiro atoms. The summed E-state index contributed by atoms with van der Waals surface area (Å²) in [5.74, 6) is 0. The lowest BCUT2D eigenvalue weighted by atomic mass is 10.1. The monoisotopic (exact) mass is 380 g/mol. The molecule has 0 bridgehead atoms. The highest BCUT2D eigenvalue weighted by atomic mass is 35.5. The smallest absolute Gasteiger partial charge is 0.294 e. The Hall–Kier alpha value is -0.870. The molecule has 0 saturated heterocycles. The van der Waals surface area contributed by atoms with E-state index in [-0.39, 0.29) is 16.1 Å². The van der Waals surface area contributed by atoms with Gasteiger partial charge in [-0.05, 0) is 30.2 Å². The minimum Gasteiger partial charge on any atom is -0.339 e. The van der Waals surface area contributed by atoms with E-state index in [1.165, 1.54) is 6.92 Å². The van der Waals surface area contributed by atoms with E-state index in [4.69, 9.17) is 27.8 Å². The van der Waals surface area contributed by atoms with E-state index in [2.05, 4.69) is 4.74 Å². The Kier molecular flexibility index (Phi) is 6.22. The van der Waals surface area contributed by atoms with Crippen LogP contribution in [0, 0.1) is 6.92 Å². The van der Waals surface area contributed by atoms with Crippen molar-refractivity contribution < 1.29 is 35.7 Å². The molecule has 0 fully saturated rings. The van der Waals surface area contributed by atoms with Crippen LogP contribution in [0.4, 0.5) is 13.2 Å². The number of halogens is 5. The van der Waals surface area contributed by atoms with Crippen LogP contribution in [0.1, 0.15) is 21.5 Å². The average molecular weight is 381 g/mol. The molecule has 0 radical (unpaired) electrons. The summed E-state index contributed by atoms with van der Waals surface area (Å²) < 4.78 is 72.8. The van der Waals surface area contributed by atoms with Gasteiger partial charge in [0.05, 0.1) is 22.1 Å². The summed E-state index contributed by atoms with van der Waals surface area (Å²) in [6.07, 6.45) is -6.35. The summed E-state index contributed by atoms with van der Waals surface area (Å²) in [6, 6.07) is 0.728. The first kappa shape index (κ1) is 19.2. The van der Waals surface area contributed by atoms with Crippen LogP contribution in [0.5, 0.6) is 0 Å². The van der Waals surface area contributed by atoms with Gasteiger partial charge in [0.25, 0.3) is 28.1 Å². The summed E-state index contributed by atoms with van der Waals surface area (Å²) in [4.78, 5) is 10.5. The van der Waals surface area contributed by atoms with Gasteiger partial charge in [-0.1, -0.05) is 11.6 Å². The maximum Gasteiger partial charge on any atom is 0.294 e. The molecule has 1 aromatic carbocycles. The van der Waals surface area contributed by atoms with Crippen LogP contribution in [-0.2, 0) is 21.5 Å². The van der Waals surface area contributed by atoms with Crippen molar-refractivity contribution in [2.75, 3.05) is 0 Å².